The van der Waals surface area contributed by atoms with Gasteiger partial charge in [0.1, 0.15) is 10.9 Å². The molecule has 0 radical (unpaired) electrons. The Labute approximate surface area is 166 Å². The third-order valence-electron chi connectivity index (χ3n) is 4.65. The van der Waals surface area contributed by atoms with Gasteiger partial charge in [-0.3, -0.25) is 14.2 Å². The Morgan fingerprint density at radius 3 is 2.54 bits per heavy atom. The molecular formula is C22H19N3O2S. The Kier molecular flexibility index (Phi) is 4.79. The fourth-order valence-corrected chi connectivity index (χ4v) is 3.96. The predicted molar refractivity (Wildman–Crippen MR) is 114 cm³/mol. The molecule has 0 aliphatic rings. The number of amides is 1. The summed E-state index contributed by atoms with van der Waals surface area (Å²) in [5.74, 6) is -0.259. The summed E-state index contributed by atoms with van der Waals surface area (Å²) in [7, 11) is 0. The number of anilines is 1. The van der Waals surface area contributed by atoms with Crippen molar-refractivity contribution in [3.63, 3.8) is 0 Å². The first-order valence-electron chi connectivity index (χ1n) is 8.96. The van der Waals surface area contributed by atoms with E-state index in [9.17, 15) is 9.59 Å². The lowest BCUT2D eigenvalue weighted by Crippen LogP contribution is -2.31. The second-order valence-electron chi connectivity index (χ2n) is 6.68. The fraction of sp³-hybridized carbons (Fsp3) is 0.136. The number of hydrogen-bond acceptors (Lipinski definition) is 4. The molecule has 0 bridgehead atoms. The van der Waals surface area contributed by atoms with Crippen LogP contribution in [0.4, 0.5) is 5.69 Å². The van der Waals surface area contributed by atoms with E-state index in [1.807, 2.05) is 67.6 Å². The van der Waals surface area contributed by atoms with Crippen molar-refractivity contribution in [3.8, 4) is 10.4 Å². The van der Waals surface area contributed by atoms with E-state index in [1.165, 1.54) is 22.2 Å². The molecule has 6 heteroatoms. The molecule has 2 aromatic heterocycles. The molecule has 4 rings (SSSR count). The lowest BCUT2D eigenvalue weighted by molar-refractivity contribution is -0.118. The molecule has 0 saturated carbocycles. The highest BCUT2D eigenvalue weighted by Crippen LogP contribution is 2.30. The molecule has 140 valence electrons. The summed E-state index contributed by atoms with van der Waals surface area (Å²) in [6.45, 7) is 3.68. The normalized spacial score (nSPS) is 12.1. The van der Waals surface area contributed by atoms with Gasteiger partial charge in [0.05, 0.1) is 11.7 Å². The number of benzene rings is 2. The molecule has 28 heavy (non-hydrogen) atoms. The molecule has 4 aromatic rings. The zero-order valence-electron chi connectivity index (χ0n) is 15.5. The Balaban J connectivity index is 1.64. The second kappa shape index (κ2) is 7.40. The molecule has 2 heterocycles. The van der Waals surface area contributed by atoms with E-state index in [4.69, 9.17) is 0 Å². The Bertz CT molecular complexity index is 1190. The minimum absolute atomic E-state index is 0.213. The molecule has 0 saturated heterocycles. The van der Waals surface area contributed by atoms with E-state index in [0.717, 1.165) is 16.0 Å². The smallest absolute Gasteiger partial charge is 0.262 e. The number of aryl methyl sites for hydroxylation is 1. The standard InChI is InChI=1S/C22H19N3O2S/c1-14-8-10-17(11-9-14)24-20(26)15(2)25-13-23-21-18(22(25)27)12-19(28-21)16-6-4-3-5-7-16/h3-13,15H,1-2H3,(H,24,26). The van der Waals surface area contributed by atoms with E-state index in [2.05, 4.69) is 10.3 Å². The van der Waals surface area contributed by atoms with Gasteiger partial charge in [-0.25, -0.2) is 4.98 Å². The van der Waals surface area contributed by atoms with Crippen molar-refractivity contribution in [1.82, 2.24) is 9.55 Å². The van der Waals surface area contributed by atoms with Crippen LogP contribution in [0.15, 0.2) is 71.8 Å². The van der Waals surface area contributed by atoms with Crippen LogP contribution in [0.3, 0.4) is 0 Å². The number of carbonyl (C=O) groups excluding carboxylic acids is 1. The monoisotopic (exact) mass is 389 g/mol. The molecule has 1 atom stereocenters. The van der Waals surface area contributed by atoms with Crippen LogP contribution in [0, 0.1) is 6.92 Å². The summed E-state index contributed by atoms with van der Waals surface area (Å²) in [6, 6.07) is 18.6. The summed E-state index contributed by atoms with van der Waals surface area (Å²) in [5.41, 5.74) is 2.65. The van der Waals surface area contributed by atoms with Gasteiger partial charge in [0.15, 0.2) is 0 Å². The van der Waals surface area contributed by atoms with Crippen LogP contribution in [0.25, 0.3) is 20.7 Å². The number of hydrogen-bond donors (Lipinski definition) is 1. The summed E-state index contributed by atoms with van der Waals surface area (Å²) >= 11 is 1.47. The highest BCUT2D eigenvalue weighted by molar-refractivity contribution is 7.21. The molecule has 0 aliphatic carbocycles. The summed E-state index contributed by atoms with van der Waals surface area (Å²) in [4.78, 5) is 31.6. The van der Waals surface area contributed by atoms with Crippen LogP contribution < -0.4 is 10.9 Å². The highest BCUT2D eigenvalue weighted by atomic mass is 32.1. The highest BCUT2D eigenvalue weighted by Gasteiger charge is 2.19. The van der Waals surface area contributed by atoms with Gasteiger partial charge in [0.25, 0.3) is 5.56 Å². The van der Waals surface area contributed by atoms with Crippen LogP contribution in [0.5, 0.6) is 0 Å². The van der Waals surface area contributed by atoms with Crippen molar-refractivity contribution >= 4 is 33.1 Å². The number of carbonyl (C=O) groups is 1. The van der Waals surface area contributed by atoms with Crippen LogP contribution in [-0.2, 0) is 4.79 Å². The first-order valence-corrected chi connectivity index (χ1v) is 9.78. The molecule has 1 N–H and O–H groups in total. The molecular weight excluding hydrogens is 370 g/mol. The number of fused-ring (bicyclic) bond motifs is 1. The third-order valence-corrected chi connectivity index (χ3v) is 5.74. The molecule has 0 aliphatic heterocycles. The Morgan fingerprint density at radius 2 is 1.82 bits per heavy atom. The maximum absolute atomic E-state index is 13.0. The van der Waals surface area contributed by atoms with Crippen molar-refractivity contribution < 1.29 is 4.79 Å². The second-order valence-corrected chi connectivity index (χ2v) is 7.71. The van der Waals surface area contributed by atoms with E-state index in [0.29, 0.717) is 15.9 Å². The maximum atomic E-state index is 13.0. The van der Waals surface area contributed by atoms with Crippen molar-refractivity contribution in [2.45, 2.75) is 19.9 Å². The Hall–Kier alpha value is -3.25. The van der Waals surface area contributed by atoms with Gasteiger partial charge >= 0.3 is 0 Å². The quantitative estimate of drug-likeness (QED) is 0.553. The van der Waals surface area contributed by atoms with Crippen LogP contribution in [0.2, 0.25) is 0 Å². The molecule has 5 nitrogen and oxygen atoms in total. The lowest BCUT2D eigenvalue weighted by atomic mass is 10.2. The summed E-state index contributed by atoms with van der Waals surface area (Å²) < 4.78 is 1.38. The van der Waals surface area contributed by atoms with E-state index in [-0.39, 0.29) is 11.5 Å². The van der Waals surface area contributed by atoms with Gasteiger partial charge in [-0.05, 0) is 37.6 Å². The minimum Gasteiger partial charge on any atom is -0.324 e. The average Bonchev–Trinajstić information content (AvgIpc) is 3.15. The van der Waals surface area contributed by atoms with Crippen LogP contribution in [0.1, 0.15) is 18.5 Å². The number of aromatic nitrogens is 2. The average molecular weight is 389 g/mol. The molecule has 1 amide bonds. The van der Waals surface area contributed by atoms with Gasteiger partial charge in [-0.15, -0.1) is 11.3 Å². The molecule has 1 unspecified atom stereocenters. The van der Waals surface area contributed by atoms with Gasteiger partial charge in [0.2, 0.25) is 5.91 Å². The minimum atomic E-state index is -0.675. The lowest BCUT2D eigenvalue weighted by Gasteiger charge is -2.14. The molecule has 0 fully saturated rings. The first kappa shape index (κ1) is 18.1. The van der Waals surface area contributed by atoms with Crippen molar-refractivity contribution in [2.24, 2.45) is 0 Å². The topological polar surface area (TPSA) is 64.0 Å². The third kappa shape index (κ3) is 3.46. The zero-order chi connectivity index (χ0) is 19.7. The summed E-state index contributed by atoms with van der Waals surface area (Å²) in [5, 5.41) is 3.38. The zero-order valence-corrected chi connectivity index (χ0v) is 16.4. The van der Waals surface area contributed by atoms with Gasteiger partial charge < -0.3 is 5.32 Å². The van der Waals surface area contributed by atoms with Crippen molar-refractivity contribution in [3.05, 3.63) is 82.9 Å². The fourth-order valence-electron chi connectivity index (χ4n) is 2.97. The van der Waals surface area contributed by atoms with Crippen molar-refractivity contribution in [2.75, 3.05) is 5.32 Å². The number of rotatable bonds is 4. The molecule has 0 spiro atoms. The van der Waals surface area contributed by atoms with E-state index < -0.39 is 6.04 Å². The van der Waals surface area contributed by atoms with Gasteiger partial charge in [-0.1, -0.05) is 48.0 Å². The van der Waals surface area contributed by atoms with Crippen LogP contribution in [-0.4, -0.2) is 15.5 Å². The maximum Gasteiger partial charge on any atom is 0.262 e. The SMILES string of the molecule is Cc1ccc(NC(=O)C(C)n2cnc3sc(-c4ccccc4)cc3c2=O)cc1. The number of nitrogens with zero attached hydrogens (tertiary/aromatic N) is 2. The van der Waals surface area contributed by atoms with E-state index >= 15 is 0 Å². The predicted octanol–water partition coefficient (Wildman–Crippen LogP) is 4.63. The number of thiophene rings is 1. The van der Waals surface area contributed by atoms with E-state index in [1.54, 1.807) is 6.92 Å². The van der Waals surface area contributed by atoms with Crippen LogP contribution >= 0.6 is 11.3 Å². The molecule has 2 aromatic carbocycles. The van der Waals surface area contributed by atoms with Gasteiger partial charge in [-0.2, -0.15) is 0 Å². The summed E-state index contributed by atoms with van der Waals surface area (Å²) in [6.07, 6.45) is 1.45. The first-order chi connectivity index (χ1) is 13.5. The van der Waals surface area contributed by atoms with Gasteiger partial charge in [0, 0.05) is 10.6 Å². The largest absolute Gasteiger partial charge is 0.324 e. The Morgan fingerprint density at radius 1 is 1.11 bits per heavy atom. The van der Waals surface area contributed by atoms with Crippen molar-refractivity contribution in [1.29, 1.82) is 0 Å². The number of nitrogens with one attached hydrogen (secondary N) is 1.